The van der Waals surface area contributed by atoms with Gasteiger partial charge >= 0.3 is 0 Å². The number of fused-ring (bicyclic) bond motifs is 1. The number of nitrogens with one attached hydrogen (secondary N) is 1. The minimum absolute atomic E-state index is 0.111. The number of carbonyl (C=O) groups excluding carboxylic acids is 1. The predicted octanol–water partition coefficient (Wildman–Crippen LogP) is 5.30. The molecule has 1 atom stereocenters. The number of aliphatic hydroxyl groups excluding tert-OH is 1. The van der Waals surface area contributed by atoms with Crippen molar-refractivity contribution in [3.8, 4) is 0 Å². The summed E-state index contributed by atoms with van der Waals surface area (Å²) in [4.78, 5) is 25.6. The number of halogens is 1. The predicted molar refractivity (Wildman–Crippen MR) is 124 cm³/mol. The zero-order chi connectivity index (χ0) is 21.8. The summed E-state index contributed by atoms with van der Waals surface area (Å²) in [5.41, 5.74) is 1.42. The van der Waals surface area contributed by atoms with Gasteiger partial charge in [0.1, 0.15) is 6.23 Å². The Hall–Kier alpha value is -2.63. The van der Waals surface area contributed by atoms with Crippen molar-refractivity contribution in [2.45, 2.75) is 51.2 Å². The van der Waals surface area contributed by atoms with Gasteiger partial charge in [0.2, 0.25) is 5.91 Å². The van der Waals surface area contributed by atoms with Crippen LogP contribution in [0.25, 0.3) is 10.8 Å². The lowest BCUT2D eigenvalue weighted by molar-refractivity contribution is -0.116. The molecule has 1 unspecified atom stereocenters. The van der Waals surface area contributed by atoms with Gasteiger partial charge in [0, 0.05) is 40.0 Å². The summed E-state index contributed by atoms with van der Waals surface area (Å²) >= 11 is 5.90. The van der Waals surface area contributed by atoms with Crippen molar-refractivity contribution in [2.75, 3.05) is 5.32 Å². The normalized spacial score (nSPS) is 15.7. The van der Waals surface area contributed by atoms with Crippen molar-refractivity contribution >= 4 is 34.0 Å². The summed E-state index contributed by atoms with van der Waals surface area (Å²) in [6.45, 7) is 0. The van der Waals surface area contributed by atoms with Crippen LogP contribution < -0.4 is 10.9 Å². The number of hydrogen-bond acceptors (Lipinski definition) is 3. The molecular weight excluding hydrogens is 412 g/mol. The Bertz CT molecular complexity index is 1120. The summed E-state index contributed by atoms with van der Waals surface area (Å²) in [7, 11) is 0. The molecule has 0 spiro atoms. The molecule has 2 aromatic carbocycles. The van der Waals surface area contributed by atoms with E-state index >= 15 is 0 Å². The number of pyridine rings is 1. The van der Waals surface area contributed by atoms with Crippen LogP contribution in [0.2, 0.25) is 5.02 Å². The summed E-state index contributed by atoms with van der Waals surface area (Å²) in [6, 6.07) is 14.5. The number of benzene rings is 2. The van der Waals surface area contributed by atoms with Crippen LogP contribution in [0.5, 0.6) is 0 Å². The van der Waals surface area contributed by atoms with E-state index in [-0.39, 0.29) is 17.4 Å². The first-order valence-corrected chi connectivity index (χ1v) is 11.3. The topological polar surface area (TPSA) is 71.3 Å². The van der Waals surface area contributed by atoms with Crippen LogP contribution in [0.1, 0.15) is 50.3 Å². The molecule has 4 rings (SSSR count). The largest absolute Gasteiger partial charge is 0.373 e. The van der Waals surface area contributed by atoms with Gasteiger partial charge < -0.3 is 10.4 Å². The highest BCUT2D eigenvalue weighted by Gasteiger charge is 2.24. The van der Waals surface area contributed by atoms with E-state index in [0.717, 1.165) is 31.2 Å². The van der Waals surface area contributed by atoms with Gasteiger partial charge in [-0.2, -0.15) is 0 Å². The molecule has 5 nitrogen and oxygen atoms in total. The first-order valence-electron chi connectivity index (χ1n) is 10.9. The SMILES string of the molecule is O=C(CCc1ccc(Cl)cc1)Nc1cccc2c(=O)n(C(O)C3CCCCC3)ccc12. The van der Waals surface area contributed by atoms with Gasteiger partial charge in [-0.25, -0.2) is 0 Å². The zero-order valence-corrected chi connectivity index (χ0v) is 18.1. The standard InChI is InChI=1S/C25H27ClN2O3/c26-19-12-9-17(10-13-19)11-14-23(29)27-22-8-4-7-21-20(22)15-16-28(25(21)31)24(30)18-5-2-1-3-6-18/h4,7-10,12-13,15-16,18,24,30H,1-3,5-6,11,14H2,(H,27,29). The van der Waals surface area contributed by atoms with E-state index in [1.165, 1.54) is 11.0 Å². The minimum atomic E-state index is -0.810. The number of rotatable bonds is 6. The lowest BCUT2D eigenvalue weighted by Gasteiger charge is -2.28. The molecule has 1 heterocycles. The van der Waals surface area contributed by atoms with Gasteiger partial charge in [0.25, 0.3) is 5.56 Å². The highest BCUT2D eigenvalue weighted by atomic mass is 35.5. The van der Waals surface area contributed by atoms with E-state index in [0.29, 0.717) is 34.3 Å². The number of aliphatic hydroxyl groups is 1. The number of aryl methyl sites for hydroxylation is 1. The highest BCUT2D eigenvalue weighted by Crippen LogP contribution is 2.31. The monoisotopic (exact) mass is 438 g/mol. The molecule has 0 bridgehead atoms. The van der Waals surface area contributed by atoms with Crippen LogP contribution in [-0.4, -0.2) is 15.6 Å². The Labute approximate surface area is 186 Å². The molecule has 1 aliphatic carbocycles. The molecule has 162 valence electrons. The second-order valence-electron chi connectivity index (χ2n) is 8.28. The number of hydrogen-bond donors (Lipinski definition) is 2. The molecule has 1 aromatic heterocycles. The van der Waals surface area contributed by atoms with Crippen LogP contribution >= 0.6 is 11.6 Å². The number of carbonyl (C=O) groups is 1. The number of anilines is 1. The Morgan fingerprint density at radius 2 is 1.81 bits per heavy atom. The van der Waals surface area contributed by atoms with E-state index in [2.05, 4.69) is 5.32 Å². The van der Waals surface area contributed by atoms with Crippen molar-refractivity contribution in [1.29, 1.82) is 0 Å². The maximum absolute atomic E-state index is 13.1. The molecule has 31 heavy (non-hydrogen) atoms. The van der Waals surface area contributed by atoms with Crippen LogP contribution in [0.15, 0.2) is 59.5 Å². The summed E-state index contributed by atoms with van der Waals surface area (Å²) in [6.07, 6.45) is 7.03. The molecule has 1 aliphatic rings. The number of nitrogens with zero attached hydrogens (tertiary/aromatic N) is 1. The van der Waals surface area contributed by atoms with Gasteiger partial charge in [-0.1, -0.05) is 49.1 Å². The fourth-order valence-corrected chi connectivity index (χ4v) is 4.52. The Balaban J connectivity index is 1.51. The summed E-state index contributed by atoms with van der Waals surface area (Å²) in [5, 5.41) is 15.6. The fourth-order valence-electron chi connectivity index (χ4n) is 4.39. The van der Waals surface area contributed by atoms with Crippen molar-refractivity contribution in [3.05, 3.63) is 75.7 Å². The Kier molecular flexibility index (Phi) is 6.73. The summed E-state index contributed by atoms with van der Waals surface area (Å²) < 4.78 is 1.43. The van der Waals surface area contributed by atoms with Crippen LogP contribution in [0, 0.1) is 5.92 Å². The van der Waals surface area contributed by atoms with E-state index in [4.69, 9.17) is 11.6 Å². The van der Waals surface area contributed by atoms with Crippen LogP contribution in [0.4, 0.5) is 5.69 Å². The van der Waals surface area contributed by atoms with Crippen molar-refractivity contribution in [1.82, 2.24) is 4.57 Å². The van der Waals surface area contributed by atoms with Gasteiger partial charge in [-0.05, 0) is 55.2 Å². The van der Waals surface area contributed by atoms with E-state index < -0.39 is 6.23 Å². The van der Waals surface area contributed by atoms with Gasteiger partial charge in [-0.15, -0.1) is 0 Å². The highest BCUT2D eigenvalue weighted by molar-refractivity contribution is 6.30. The first-order chi connectivity index (χ1) is 15.0. The quantitative estimate of drug-likeness (QED) is 0.548. The molecular formula is C25H27ClN2O3. The molecule has 1 amide bonds. The lowest BCUT2D eigenvalue weighted by Crippen LogP contribution is -2.30. The molecule has 3 aromatic rings. The van der Waals surface area contributed by atoms with Crippen molar-refractivity contribution in [2.24, 2.45) is 5.92 Å². The third-order valence-electron chi connectivity index (χ3n) is 6.16. The average molecular weight is 439 g/mol. The van der Waals surface area contributed by atoms with Gasteiger partial charge in [0.05, 0.1) is 0 Å². The second-order valence-corrected chi connectivity index (χ2v) is 8.72. The smallest absolute Gasteiger partial charge is 0.260 e. The van der Waals surface area contributed by atoms with E-state index in [9.17, 15) is 14.7 Å². The van der Waals surface area contributed by atoms with Crippen LogP contribution in [-0.2, 0) is 11.2 Å². The first kappa shape index (κ1) is 21.6. The van der Waals surface area contributed by atoms with E-state index in [1.807, 2.05) is 24.3 Å². The van der Waals surface area contributed by atoms with E-state index in [1.54, 1.807) is 30.5 Å². The molecule has 6 heteroatoms. The number of amides is 1. The lowest BCUT2D eigenvalue weighted by atomic mass is 9.88. The molecule has 0 radical (unpaired) electrons. The Morgan fingerprint density at radius 1 is 1.06 bits per heavy atom. The summed E-state index contributed by atoms with van der Waals surface area (Å²) in [5.74, 6) is -0.00600. The maximum Gasteiger partial charge on any atom is 0.260 e. The van der Waals surface area contributed by atoms with Crippen molar-refractivity contribution < 1.29 is 9.90 Å². The van der Waals surface area contributed by atoms with Crippen LogP contribution in [0.3, 0.4) is 0 Å². The molecule has 1 saturated carbocycles. The molecule has 0 aliphatic heterocycles. The maximum atomic E-state index is 13.1. The Morgan fingerprint density at radius 3 is 2.55 bits per heavy atom. The molecule has 0 saturated heterocycles. The molecule has 1 fully saturated rings. The van der Waals surface area contributed by atoms with Gasteiger partial charge in [-0.3, -0.25) is 14.2 Å². The average Bonchev–Trinajstić information content (AvgIpc) is 2.79. The molecule has 2 N–H and O–H groups in total. The number of aromatic nitrogens is 1. The zero-order valence-electron chi connectivity index (χ0n) is 17.4. The van der Waals surface area contributed by atoms with Crippen molar-refractivity contribution in [3.63, 3.8) is 0 Å². The third kappa shape index (κ3) is 5.00. The minimum Gasteiger partial charge on any atom is -0.373 e. The third-order valence-corrected chi connectivity index (χ3v) is 6.41. The second kappa shape index (κ2) is 9.67. The fraction of sp³-hybridized carbons (Fsp3) is 0.360. The van der Waals surface area contributed by atoms with Gasteiger partial charge in [0.15, 0.2) is 0 Å².